The molecule has 2 atom stereocenters. The zero-order chi connectivity index (χ0) is 12.3. The van der Waals surface area contributed by atoms with Crippen LogP contribution in [0.4, 0.5) is 0 Å². The summed E-state index contributed by atoms with van der Waals surface area (Å²) >= 11 is 0. The molecular weight excluding hydrogens is 202 g/mol. The van der Waals surface area contributed by atoms with Crippen molar-refractivity contribution < 1.29 is 5.11 Å². The van der Waals surface area contributed by atoms with Crippen LogP contribution in [0.5, 0.6) is 0 Å². The van der Waals surface area contributed by atoms with Gasteiger partial charge in [-0.25, -0.2) is 0 Å². The van der Waals surface area contributed by atoms with Gasteiger partial charge in [-0.2, -0.15) is 5.10 Å². The van der Waals surface area contributed by atoms with Gasteiger partial charge in [0, 0.05) is 31.4 Å². The number of nitrogens with one attached hydrogen (secondary N) is 1. The quantitative estimate of drug-likeness (QED) is 0.798. The van der Waals surface area contributed by atoms with Crippen LogP contribution in [0.3, 0.4) is 0 Å². The molecule has 0 spiro atoms. The molecule has 0 aromatic carbocycles. The highest BCUT2D eigenvalue weighted by Gasteiger charge is 2.25. The summed E-state index contributed by atoms with van der Waals surface area (Å²) in [5, 5.41) is 17.6. The molecule has 1 rings (SSSR count). The number of nitrogens with zero attached hydrogens (tertiary/aromatic N) is 2. The van der Waals surface area contributed by atoms with Crippen LogP contribution in [0.15, 0.2) is 12.4 Å². The van der Waals surface area contributed by atoms with E-state index >= 15 is 0 Å². The van der Waals surface area contributed by atoms with E-state index in [1.807, 2.05) is 40.2 Å². The number of aryl methyl sites for hydroxylation is 1. The Morgan fingerprint density at radius 1 is 1.50 bits per heavy atom. The molecule has 92 valence electrons. The molecule has 0 aliphatic heterocycles. The molecule has 0 fully saturated rings. The van der Waals surface area contributed by atoms with Crippen molar-refractivity contribution in [3.05, 3.63) is 18.0 Å². The summed E-state index contributed by atoms with van der Waals surface area (Å²) in [5.41, 5.74) is 0.471. The van der Waals surface area contributed by atoms with Gasteiger partial charge in [0.2, 0.25) is 0 Å². The first-order valence-corrected chi connectivity index (χ1v) is 5.77. The van der Waals surface area contributed by atoms with E-state index < -0.39 is 5.60 Å². The third-order valence-corrected chi connectivity index (χ3v) is 3.23. The van der Waals surface area contributed by atoms with Crippen LogP contribution in [-0.2, 0) is 7.05 Å². The summed E-state index contributed by atoms with van der Waals surface area (Å²) in [6.07, 6.45) is 3.84. The van der Waals surface area contributed by atoms with E-state index in [2.05, 4.69) is 17.3 Å². The minimum atomic E-state index is -0.670. The van der Waals surface area contributed by atoms with Crippen LogP contribution < -0.4 is 5.32 Å². The second-order valence-corrected chi connectivity index (χ2v) is 5.06. The van der Waals surface area contributed by atoms with E-state index in [0.717, 1.165) is 5.56 Å². The average molecular weight is 225 g/mol. The van der Waals surface area contributed by atoms with Crippen molar-refractivity contribution in [1.29, 1.82) is 0 Å². The topological polar surface area (TPSA) is 50.1 Å². The van der Waals surface area contributed by atoms with Gasteiger partial charge in [0.15, 0.2) is 0 Å². The Hall–Kier alpha value is -0.870. The van der Waals surface area contributed by atoms with Crippen molar-refractivity contribution in [2.75, 3.05) is 6.54 Å². The lowest BCUT2D eigenvalue weighted by Gasteiger charge is -2.29. The third-order valence-electron chi connectivity index (χ3n) is 3.23. The van der Waals surface area contributed by atoms with Crippen molar-refractivity contribution in [2.24, 2.45) is 13.0 Å². The molecule has 0 saturated heterocycles. The fourth-order valence-corrected chi connectivity index (χ4v) is 1.35. The van der Waals surface area contributed by atoms with Crippen molar-refractivity contribution >= 4 is 0 Å². The van der Waals surface area contributed by atoms with Crippen LogP contribution in [0, 0.1) is 5.92 Å². The van der Waals surface area contributed by atoms with Crippen LogP contribution in [0.1, 0.15) is 39.3 Å². The first-order valence-electron chi connectivity index (χ1n) is 5.77. The van der Waals surface area contributed by atoms with Gasteiger partial charge >= 0.3 is 0 Å². The summed E-state index contributed by atoms with van der Waals surface area (Å²) in [7, 11) is 1.90. The van der Waals surface area contributed by atoms with Gasteiger partial charge in [0.05, 0.1) is 11.8 Å². The van der Waals surface area contributed by atoms with Crippen LogP contribution in [0.2, 0.25) is 0 Å². The Morgan fingerprint density at radius 3 is 2.56 bits per heavy atom. The Balaban J connectivity index is 2.50. The van der Waals surface area contributed by atoms with Crippen molar-refractivity contribution in [2.45, 2.75) is 39.3 Å². The minimum absolute atomic E-state index is 0.207. The molecule has 1 aromatic rings. The first kappa shape index (κ1) is 13.2. The van der Waals surface area contributed by atoms with Crippen LogP contribution in [0.25, 0.3) is 0 Å². The minimum Gasteiger partial charge on any atom is -0.389 e. The van der Waals surface area contributed by atoms with Crippen molar-refractivity contribution in [3.8, 4) is 0 Å². The van der Waals surface area contributed by atoms with E-state index in [1.165, 1.54) is 0 Å². The summed E-state index contributed by atoms with van der Waals surface area (Å²) in [4.78, 5) is 0. The standard InChI is InChI=1S/C12H23N3O/c1-9(2)12(4,16)8-13-10(3)11-6-14-15(5)7-11/h6-7,9-10,13,16H,8H2,1-5H3. The third kappa shape index (κ3) is 3.32. The van der Waals surface area contributed by atoms with Gasteiger partial charge in [-0.1, -0.05) is 13.8 Å². The van der Waals surface area contributed by atoms with Gasteiger partial charge in [-0.3, -0.25) is 4.68 Å². The number of aromatic nitrogens is 2. The van der Waals surface area contributed by atoms with Gasteiger partial charge < -0.3 is 10.4 Å². The Labute approximate surface area is 97.7 Å². The van der Waals surface area contributed by atoms with Gasteiger partial charge in [0.1, 0.15) is 0 Å². The monoisotopic (exact) mass is 225 g/mol. The summed E-state index contributed by atoms with van der Waals surface area (Å²) in [5.74, 6) is 0.237. The maximum Gasteiger partial charge on any atom is 0.0766 e. The highest BCUT2D eigenvalue weighted by molar-refractivity contribution is 5.09. The maximum absolute atomic E-state index is 10.1. The highest BCUT2D eigenvalue weighted by atomic mass is 16.3. The molecular formula is C12H23N3O. The number of aliphatic hydroxyl groups is 1. The largest absolute Gasteiger partial charge is 0.389 e. The molecule has 0 aliphatic rings. The molecule has 1 aromatic heterocycles. The van der Waals surface area contributed by atoms with Gasteiger partial charge in [-0.15, -0.1) is 0 Å². The van der Waals surface area contributed by atoms with Crippen LogP contribution in [-0.4, -0.2) is 27.0 Å². The molecule has 16 heavy (non-hydrogen) atoms. The SMILES string of the molecule is CC(NCC(C)(O)C(C)C)c1cnn(C)c1. The second kappa shape index (κ2) is 4.97. The first-order chi connectivity index (χ1) is 7.33. The molecule has 0 amide bonds. The highest BCUT2D eigenvalue weighted by Crippen LogP contribution is 2.17. The lowest BCUT2D eigenvalue weighted by molar-refractivity contribution is 0.0122. The molecule has 0 radical (unpaired) electrons. The zero-order valence-electron chi connectivity index (χ0n) is 10.9. The van der Waals surface area contributed by atoms with E-state index in [1.54, 1.807) is 4.68 Å². The molecule has 0 bridgehead atoms. The fraction of sp³-hybridized carbons (Fsp3) is 0.750. The van der Waals surface area contributed by atoms with E-state index in [9.17, 15) is 5.11 Å². The van der Waals surface area contributed by atoms with Crippen LogP contribution >= 0.6 is 0 Å². The van der Waals surface area contributed by atoms with Gasteiger partial charge in [-0.05, 0) is 19.8 Å². The van der Waals surface area contributed by atoms with E-state index in [0.29, 0.717) is 6.54 Å². The molecule has 0 aliphatic carbocycles. The van der Waals surface area contributed by atoms with Crippen molar-refractivity contribution in [3.63, 3.8) is 0 Å². The average Bonchev–Trinajstić information content (AvgIpc) is 2.61. The van der Waals surface area contributed by atoms with E-state index in [4.69, 9.17) is 0 Å². The lowest BCUT2D eigenvalue weighted by Crippen LogP contribution is -2.42. The normalized spacial score (nSPS) is 17.4. The number of hydrogen-bond acceptors (Lipinski definition) is 3. The fourth-order valence-electron chi connectivity index (χ4n) is 1.35. The number of hydrogen-bond donors (Lipinski definition) is 2. The second-order valence-electron chi connectivity index (χ2n) is 5.06. The maximum atomic E-state index is 10.1. The lowest BCUT2D eigenvalue weighted by atomic mass is 9.92. The molecule has 1 heterocycles. The predicted octanol–water partition coefficient (Wildman–Crippen LogP) is 1.48. The molecule has 4 nitrogen and oxygen atoms in total. The molecule has 0 saturated carbocycles. The molecule has 2 N–H and O–H groups in total. The van der Waals surface area contributed by atoms with Gasteiger partial charge in [0.25, 0.3) is 0 Å². The molecule has 4 heteroatoms. The Kier molecular flexibility index (Phi) is 4.10. The molecule has 2 unspecified atom stereocenters. The van der Waals surface area contributed by atoms with Crippen molar-refractivity contribution in [1.82, 2.24) is 15.1 Å². The summed E-state index contributed by atoms with van der Waals surface area (Å²) in [6, 6.07) is 0.207. The summed E-state index contributed by atoms with van der Waals surface area (Å²) < 4.78 is 1.79. The number of rotatable bonds is 5. The Bertz CT molecular complexity index is 331. The zero-order valence-corrected chi connectivity index (χ0v) is 10.9. The summed E-state index contributed by atoms with van der Waals surface area (Å²) in [6.45, 7) is 8.57. The van der Waals surface area contributed by atoms with E-state index in [-0.39, 0.29) is 12.0 Å². The smallest absolute Gasteiger partial charge is 0.0766 e. The predicted molar refractivity (Wildman–Crippen MR) is 65.1 cm³/mol. The Morgan fingerprint density at radius 2 is 2.12 bits per heavy atom.